The summed E-state index contributed by atoms with van der Waals surface area (Å²) in [5.74, 6) is 0.203. The third kappa shape index (κ3) is 4.89. The molecule has 0 atom stereocenters. The van der Waals surface area contributed by atoms with Gasteiger partial charge in [0.25, 0.3) is 0 Å². The molecule has 1 amide bonds. The topological polar surface area (TPSA) is 41.6 Å². The summed E-state index contributed by atoms with van der Waals surface area (Å²) in [6.45, 7) is 0. The lowest BCUT2D eigenvalue weighted by atomic mass is 10.1. The summed E-state index contributed by atoms with van der Waals surface area (Å²) in [7, 11) is 4.91. The Morgan fingerprint density at radius 3 is 2.48 bits per heavy atom. The molecule has 2 rings (SSSR count). The lowest BCUT2D eigenvalue weighted by Gasteiger charge is -2.20. The minimum atomic E-state index is -4.48. The van der Waals surface area contributed by atoms with Crippen molar-refractivity contribution < 1.29 is 22.7 Å². The molecule has 0 aromatic heterocycles. The molecule has 2 aromatic rings. The number of rotatable bonds is 5. The Bertz CT molecular complexity index is 758. The van der Waals surface area contributed by atoms with Gasteiger partial charge in [-0.1, -0.05) is 12.1 Å². The number of nitrogens with one attached hydrogen (secondary N) is 1. The molecule has 0 fully saturated rings. The summed E-state index contributed by atoms with van der Waals surface area (Å²) in [6.07, 6.45) is -4.45. The molecule has 1 N–H and O–H groups in total. The van der Waals surface area contributed by atoms with Gasteiger partial charge in [0.05, 0.1) is 30.5 Å². The number of ether oxygens (including phenoxy) is 1. The first-order valence-corrected chi connectivity index (χ1v) is 7.52. The van der Waals surface area contributed by atoms with Gasteiger partial charge in [-0.15, -0.1) is 0 Å². The Morgan fingerprint density at radius 1 is 1.16 bits per heavy atom. The highest BCUT2D eigenvalue weighted by molar-refractivity contribution is 5.95. The zero-order valence-electron chi connectivity index (χ0n) is 14.1. The highest BCUT2D eigenvalue weighted by atomic mass is 19.4. The first-order chi connectivity index (χ1) is 11.7. The maximum absolute atomic E-state index is 12.9. The molecule has 0 bridgehead atoms. The van der Waals surface area contributed by atoms with Crippen molar-refractivity contribution in [1.82, 2.24) is 0 Å². The minimum Gasteiger partial charge on any atom is -0.497 e. The van der Waals surface area contributed by atoms with Crippen LogP contribution in [0.5, 0.6) is 5.75 Å². The van der Waals surface area contributed by atoms with Crippen LogP contribution in [0.3, 0.4) is 0 Å². The van der Waals surface area contributed by atoms with Crippen LogP contribution >= 0.6 is 0 Å². The molecule has 0 heterocycles. The van der Waals surface area contributed by atoms with Crippen molar-refractivity contribution in [3.05, 3.63) is 53.6 Å². The minimum absolute atomic E-state index is 0.0281. The largest absolute Gasteiger partial charge is 0.497 e. The number of nitrogens with zero attached hydrogens (tertiary/aromatic N) is 1. The van der Waals surface area contributed by atoms with Crippen LogP contribution in [0.2, 0.25) is 0 Å². The van der Waals surface area contributed by atoms with Crippen LogP contribution in [0.1, 0.15) is 11.1 Å². The third-order valence-electron chi connectivity index (χ3n) is 3.58. The lowest BCUT2D eigenvalue weighted by Crippen LogP contribution is -2.19. The summed E-state index contributed by atoms with van der Waals surface area (Å²) in [5.41, 5.74) is 0.504. The molecule has 4 nitrogen and oxygen atoms in total. The van der Waals surface area contributed by atoms with Gasteiger partial charge in [0, 0.05) is 14.1 Å². The second kappa shape index (κ2) is 7.46. The van der Waals surface area contributed by atoms with Crippen LogP contribution < -0.4 is 15.0 Å². The van der Waals surface area contributed by atoms with E-state index in [9.17, 15) is 18.0 Å². The standard InChI is InChI=1S/C18H19F3N2O2/c1-23(2)16-8-7-13(18(19,20)21)11-15(16)22-17(24)10-12-5-4-6-14(9-12)25-3/h4-9,11H,10H2,1-3H3,(H,22,24). The number of methoxy groups -OCH3 is 1. The van der Waals surface area contributed by atoms with Crippen molar-refractivity contribution >= 4 is 17.3 Å². The second-order valence-electron chi connectivity index (χ2n) is 5.70. The van der Waals surface area contributed by atoms with E-state index in [1.807, 2.05) is 0 Å². The van der Waals surface area contributed by atoms with Crippen LogP contribution in [-0.2, 0) is 17.4 Å². The second-order valence-corrected chi connectivity index (χ2v) is 5.70. The van der Waals surface area contributed by atoms with Crippen molar-refractivity contribution in [3.8, 4) is 5.75 Å². The predicted octanol–water partition coefficient (Wildman–Crippen LogP) is 3.96. The van der Waals surface area contributed by atoms with E-state index in [1.54, 1.807) is 43.3 Å². The fourth-order valence-corrected chi connectivity index (χ4v) is 2.36. The lowest BCUT2D eigenvalue weighted by molar-refractivity contribution is -0.137. The van der Waals surface area contributed by atoms with Gasteiger partial charge in [-0.3, -0.25) is 4.79 Å². The van der Waals surface area contributed by atoms with E-state index in [4.69, 9.17) is 4.74 Å². The SMILES string of the molecule is COc1cccc(CC(=O)Nc2cc(C(F)(F)F)ccc2N(C)C)c1. The average Bonchev–Trinajstić information content (AvgIpc) is 2.53. The number of amides is 1. The summed E-state index contributed by atoms with van der Waals surface area (Å²) in [4.78, 5) is 13.9. The van der Waals surface area contributed by atoms with E-state index < -0.39 is 17.6 Å². The monoisotopic (exact) mass is 352 g/mol. The molecule has 2 aromatic carbocycles. The maximum atomic E-state index is 12.9. The van der Waals surface area contributed by atoms with Crippen LogP contribution in [0.15, 0.2) is 42.5 Å². The molecule has 0 saturated carbocycles. The molecular formula is C18H19F3N2O2. The molecule has 0 spiro atoms. The summed E-state index contributed by atoms with van der Waals surface area (Å²) in [5, 5.41) is 2.57. The number of anilines is 2. The van der Waals surface area contributed by atoms with Crippen molar-refractivity contribution in [2.75, 3.05) is 31.4 Å². The van der Waals surface area contributed by atoms with E-state index in [1.165, 1.54) is 13.2 Å². The number of hydrogen-bond donors (Lipinski definition) is 1. The van der Waals surface area contributed by atoms with Crippen LogP contribution in [-0.4, -0.2) is 27.1 Å². The van der Waals surface area contributed by atoms with E-state index >= 15 is 0 Å². The fraction of sp³-hybridized carbons (Fsp3) is 0.278. The summed E-state index contributed by atoms with van der Waals surface area (Å²) >= 11 is 0. The average molecular weight is 352 g/mol. The summed E-state index contributed by atoms with van der Waals surface area (Å²) in [6, 6.07) is 10.2. The predicted molar refractivity (Wildman–Crippen MR) is 91.1 cm³/mol. The van der Waals surface area contributed by atoms with Gasteiger partial charge in [0.1, 0.15) is 5.75 Å². The van der Waals surface area contributed by atoms with Crippen LogP contribution in [0.4, 0.5) is 24.5 Å². The van der Waals surface area contributed by atoms with Gasteiger partial charge < -0.3 is 15.0 Å². The Hall–Kier alpha value is -2.70. The fourth-order valence-electron chi connectivity index (χ4n) is 2.36. The van der Waals surface area contributed by atoms with E-state index in [0.29, 0.717) is 17.0 Å². The Labute approximate surface area is 144 Å². The summed E-state index contributed by atoms with van der Waals surface area (Å²) < 4.78 is 43.9. The van der Waals surface area contributed by atoms with Gasteiger partial charge in [0.15, 0.2) is 0 Å². The molecule has 134 valence electrons. The number of benzene rings is 2. The van der Waals surface area contributed by atoms with Gasteiger partial charge in [-0.05, 0) is 35.9 Å². The molecule has 0 unspecified atom stereocenters. The molecule has 25 heavy (non-hydrogen) atoms. The van der Waals surface area contributed by atoms with Crippen molar-refractivity contribution in [3.63, 3.8) is 0 Å². The number of alkyl halides is 3. The normalized spacial score (nSPS) is 11.1. The van der Waals surface area contributed by atoms with Crippen LogP contribution in [0, 0.1) is 0 Å². The Kier molecular flexibility index (Phi) is 5.56. The Balaban J connectivity index is 2.23. The maximum Gasteiger partial charge on any atom is 0.416 e. The number of carbonyl (C=O) groups is 1. The van der Waals surface area contributed by atoms with Gasteiger partial charge >= 0.3 is 6.18 Å². The van der Waals surface area contributed by atoms with Crippen molar-refractivity contribution in [1.29, 1.82) is 0 Å². The van der Waals surface area contributed by atoms with Crippen LogP contribution in [0.25, 0.3) is 0 Å². The molecule has 0 aliphatic rings. The van der Waals surface area contributed by atoms with Crippen molar-refractivity contribution in [2.24, 2.45) is 0 Å². The molecule has 0 aliphatic heterocycles. The number of carbonyl (C=O) groups excluding carboxylic acids is 1. The first-order valence-electron chi connectivity index (χ1n) is 7.52. The zero-order chi connectivity index (χ0) is 18.6. The van der Waals surface area contributed by atoms with Gasteiger partial charge in [-0.2, -0.15) is 13.2 Å². The highest BCUT2D eigenvalue weighted by Gasteiger charge is 2.31. The zero-order valence-corrected chi connectivity index (χ0v) is 14.1. The molecule has 0 saturated heterocycles. The smallest absolute Gasteiger partial charge is 0.416 e. The number of halogens is 3. The van der Waals surface area contributed by atoms with E-state index in [-0.39, 0.29) is 12.1 Å². The van der Waals surface area contributed by atoms with Gasteiger partial charge in [-0.25, -0.2) is 0 Å². The molecule has 0 aliphatic carbocycles. The van der Waals surface area contributed by atoms with Gasteiger partial charge in [0.2, 0.25) is 5.91 Å². The van der Waals surface area contributed by atoms with E-state index in [2.05, 4.69) is 5.32 Å². The Morgan fingerprint density at radius 2 is 1.88 bits per heavy atom. The first kappa shape index (κ1) is 18.6. The highest BCUT2D eigenvalue weighted by Crippen LogP contribution is 2.35. The quantitative estimate of drug-likeness (QED) is 0.886. The molecule has 0 radical (unpaired) electrons. The molecular weight excluding hydrogens is 333 g/mol. The van der Waals surface area contributed by atoms with Crippen molar-refractivity contribution in [2.45, 2.75) is 12.6 Å². The van der Waals surface area contributed by atoms with E-state index in [0.717, 1.165) is 12.1 Å². The number of hydrogen-bond acceptors (Lipinski definition) is 3. The third-order valence-corrected chi connectivity index (χ3v) is 3.58. The molecule has 7 heteroatoms.